The van der Waals surface area contributed by atoms with E-state index in [-0.39, 0.29) is 0 Å². The molecule has 19 heavy (non-hydrogen) atoms. The number of hydrazine groups is 1. The summed E-state index contributed by atoms with van der Waals surface area (Å²) in [7, 11) is 3.39. The fourth-order valence-corrected chi connectivity index (χ4v) is 0.944. The van der Waals surface area contributed by atoms with Crippen LogP contribution in [-0.2, 0) is 0 Å². The summed E-state index contributed by atoms with van der Waals surface area (Å²) in [6.45, 7) is 3.80. The van der Waals surface area contributed by atoms with Gasteiger partial charge in [0, 0.05) is 19.8 Å². The van der Waals surface area contributed by atoms with Gasteiger partial charge in [-0.2, -0.15) is 15.5 Å². The molecule has 0 atom stereocenters. The average molecular weight is 268 g/mol. The van der Waals surface area contributed by atoms with Gasteiger partial charge in [-0.1, -0.05) is 10.2 Å². The first kappa shape index (κ1) is 14.4. The maximum absolute atomic E-state index is 5.21. The van der Waals surface area contributed by atoms with Crippen molar-refractivity contribution in [3.05, 3.63) is 0 Å². The molecule has 2 rings (SSSR count). The molecule has 2 heterocycles. The zero-order chi connectivity index (χ0) is 14.3. The topological polar surface area (TPSA) is 154 Å². The first-order valence-electron chi connectivity index (χ1n) is 5.21. The Morgan fingerprint density at radius 1 is 1.05 bits per heavy atom. The van der Waals surface area contributed by atoms with E-state index in [1.165, 1.54) is 5.01 Å². The Morgan fingerprint density at radius 2 is 1.58 bits per heavy atom. The molecule has 104 valence electrons. The lowest BCUT2D eigenvalue weighted by molar-refractivity contribution is 0.881. The summed E-state index contributed by atoms with van der Waals surface area (Å²) < 4.78 is 0. The molecule has 0 aliphatic rings. The van der Waals surface area contributed by atoms with Crippen molar-refractivity contribution in [2.75, 3.05) is 24.1 Å². The molecule has 0 aromatic carbocycles. The minimum Gasteiger partial charge on any atom is -0.279 e. The van der Waals surface area contributed by atoms with Crippen LogP contribution in [0.3, 0.4) is 0 Å². The number of nitrogens with zero attached hydrogens (tertiary/aromatic N) is 9. The van der Waals surface area contributed by atoms with Crippen LogP contribution in [0, 0.1) is 0 Å². The lowest BCUT2D eigenvalue weighted by atomic mass is 10.5. The number of aromatic amines is 2. The Bertz CT molecular complexity index is 466. The molecule has 0 aliphatic heterocycles. The van der Waals surface area contributed by atoms with Gasteiger partial charge in [-0.25, -0.2) is 10.9 Å². The van der Waals surface area contributed by atoms with Crippen molar-refractivity contribution in [3.8, 4) is 0 Å². The molecule has 0 bridgehead atoms. The molecular formula is C7H16N12. The minimum absolute atomic E-state index is 0.380. The second-order valence-corrected chi connectivity index (χ2v) is 3.61. The number of hydrogen-bond acceptors (Lipinski definition) is 10. The fourth-order valence-electron chi connectivity index (χ4n) is 0.944. The van der Waals surface area contributed by atoms with Crippen molar-refractivity contribution < 1.29 is 0 Å². The number of hydrogen-bond donors (Lipinski definition) is 3. The summed E-state index contributed by atoms with van der Waals surface area (Å²) in [6, 6.07) is 0. The minimum atomic E-state index is 0.380. The molecule has 0 radical (unpaired) electrons. The summed E-state index contributed by atoms with van der Waals surface area (Å²) in [5.74, 6) is 6.05. The highest BCUT2D eigenvalue weighted by Gasteiger charge is 2.01. The number of tetrazole rings is 2. The lowest BCUT2D eigenvalue weighted by Gasteiger charge is -2.05. The summed E-state index contributed by atoms with van der Waals surface area (Å²) in [5, 5.41) is 32.8. The maximum Gasteiger partial charge on any atom is 0.285 e. The van der Waals surface area contributed by atoms with Crippen LogP contribution in [0.2, 0.25) is 0 Å². The lowest BCUT2D eigenvalue weighted by Crippen LogP contribution is -2.26. The van der Waals surface area contributed by atoms with Crippen LogP contribution in [0.15, 0.2) is 5.10 Å². The van der Waals surface area contributed by atoms with E-state index in [4.69, 9.17) is 5.84 Å². The standard InChI is InChI=1S/C5H10N6.C2H6N6/c1-4(2)8-11(3)5-6-9-10-7-5;1-8(3)2-4-6-7-5-2/h1-3H3,(H,6,7,9,10);3H2,1H3,(H,4,5,6,7). The summed E-state index contributed by atoms with van der Waals surface area (Å²) in [4.78, 5) is 0. The zero-order valence-electron chi connectivity index (χ0n) is 11.1. The van der Waals surface area contributed by atoms with Crippen LogP contribution in [-0.4, -0.2) is 61.1 Å². The van der Waals surface area contributed by atoms with Crippen LogP contribution in [0.1, 0.15) is 13.8 Å². The van der Waals surface area contributed by atoms with Crippen molar-refractivity contribution in [1.29, 1.82) is 0 Å². The normalized spacial score (nSPS) is 9.32. The number of hydrazone groups is 1. The van der Waals surface area contributed by atoms with Gasteiger partial charge in [0.2, 0.25) is 0 Å². The van der Waals surface area contributed by atoms with Crippen LogP contribution >= 0.6 is 0 Å². The molecule has 2 aromatic rings. The third kappa shape index (κ3) is 5.03. The third-order valence-corrected chi connectivity index (χ3v) is 1.62. The van der Waals surface area contributed by atoms with Gasteiger partial charge in [-0.3, -0.25) is 5.01 Å². The number of nitrogens with one attached hydrogen (secondary N) is 2. The van der Waals surface area contributed by atoms with E-state index >= 15 is 0 Å². The maximum atomic E-state index is 5.21. The van der Waals surface area contributed by atoms with Crippen molar-refractivity contribution in [3.63, 3.8) is 0 Å². The molecule has 0 aliphatic carbocycles. The number of aromatic nitrogens is 8. The summed E-state index contributed by atoms with van der Waals surface area (Å²) >= 11 is 0. The number of anilines is 2. The van der Waals surface area contributed by atoms with E-state index in [1.807, 2.05) is 13.8 Å². The zero-order valence-corrected chi connectivity index (χ0v) is 11.1. The van der Waals surface area contributed by atoms with Gasteiger partial charge in [0.05, 0.1) is 0 Å². The predicted molar refractivity (Wildman–Crippen MR) is 68.1 cm³/mol. The van der Waals surface area contributed by atoms with Crippen molar-refractivity contribution >= 4 is 17.6 Å². The Morgan fingerprint density at radius 3 is 1.89 bits per heavy atom. The van der Waals surface area contributed by atoms with Crippen LogP contribution in [0.5, 0.6) is 0 Å². The average Bonchev–Trinajstić information content (AvgIpc) is 3.03. The molecule has 0 saturated heterocycles. The Hall–Kier alpha value is -2.63. The Labute approximate surface area is 109 Å². The third-order valence-electron chi connectivity index (χ3n) is 1.62. The van der Waals surface area contributed by atoms with Crippen molar-refractivity contribution in [2.24, 2.45) is 10.9 Å². The molecule has 2 aromatic heterocycles. The van der Waals surface area contributed by atoms with E-state index in [1.54, 1.807) is 19.1 Å². The number of nitrogens with two attached hydrogens (primary N) is 1. The number of rotatable bonds is 3. The van der Waals surface area contributed by atoms with Crippen LogP contribution in [0.4, 0.5) is 11.9 Å². The molecule has 0 spiro atoms. The summed E-state index contributed by atoms with van der Waals surface area (Å²) in [6.07, 6.45) is 0. The van der Waals surface area contributed by atoms with Gasteiger partial charge in [-0.15, -0.1) is 10.2 Å². The first-order valence-corrected chi connectivity index (χ1v) is 5.21. The van der Waals surface area contributed by atoms with Gasteiger partial charge >= 0.3 is 0 Å². The second kappa shape index (κ2) is 6.95. The van der Waals surface area contributed by atoms with Gasteiger partial charge in [0.25, 0.3) is 11.9 Å². The first-order chi connectivity index (χ1) is 9.00. The van der Waals surface area contributed by atoms with E-state index in [0.717, 1.165) is 5.71 Å². The van der Waals surface area contributed by atoms with E-state index in [9.17, 15) is 0 Å². The monoisotopic (exact) mass is 268 g/mol. The van der Waals surface area contributed by atoms with E-state index < -0.39 is 0 Å². The quantitative estimate of drug-likeness (QED) is 0.344. The largest absolute Gasteiger partial charge is 0.285 e. The Balaban J connectivity index is 0.000000200. The predicted octanol–water partition coefficient (Wildman–Crippen LogP) is -1.46. The number of H-pyrrole nitrogens is 2. The van der Waals surface area contributed by atoms with Gasteiger partial charge < -0.3 is 0 Å². The van der Waals surface area contributed by atoms with Gasteiger partial charge in [0.15, 0.2) is 0 Å². The van der Waals surface area contributed by atoms with Crippen molar-refractivity contribution in [2.45, 2.75) is 13.8 Å². The van der Waals surface area contributed by atoms with Gasteiger partial charge in [-0.05, 0) is 24.3 Å². The fraction of sp³-hybridized carbons (Fsp3) is 0.571. The van der Waals surface area contributed by atoms with Crippen molar-refractivity contribution in [1.82, 2.24) is 41.2 Å². The second-order valence-electron chi connectivity index (χ2n) is 3.61. The molecular weight excluding hydrogens is 252 g/mol. The Kier molecular flexibility index (Phi) is 5.28. The molecule has 4 N–H and O–H groups in total. The highest BCUT2D eigenvalue weighted by Crippen LogP contribution is 1.99. The highest BCUT2D eigenvalue weighted by molar-refractivity contribution is 5.79. The van der Waals surface area contributed by atoms with Crippen LogP contribution in [0.25, 0.3) is 0 Å². The summed E-state index contributed by atoms with van der Waals surface area (Å²) in [5.41, 5.74) is 0.942. The molecule has 0 unspecified atom stereocenters. The highest BCUT2D eigenvalue weighted by atomic mass is 15.6. The van der Waals surface area contributed by atoms with E-state index in [0.29, 0.717) is 11.9 Å². The molecule has 12 nitrogen and oxygen atoms in total. The molecule has 0 saturated carbocycles. The molecule has 0 amide bonds. The molecule has 12 heteroatoms. The molecule has 0 fully saturated rings. The van der Waals surface area contributed by atoms with Gasteiger partial charge in [0.1, 0.15) is 0 Å². The SMILES string of the molecule is CC(C)=NN(C)c1nn[nH]n1.CN(N)c1nn[nH]n1. The van der Waals surface area contributed by atoms with E-state index in [2.05, 4.69) is 46.3 Å². The van der Waals surface area contributed by atoms with Crippen LogP contribution < -0.4 is 15.9 Å². The smallest absolute Gasteiger partial charge is 0.279 e.